The van der Waals surface area contributed by atoms with Gasteiger partial charge in [0.1, 0.15) is 0 Å². The highest BCUT2D eigenvalue weighted by molar-refractivity contribution is 7.89. The van der Waals surface area contributed by atoms with Crippen LogP contribution in [0.3, 0.4) is 0 Å². The summed E-state index contributed by atoms with van der Waals surface area (Å²) in [4.78, 5) is 0.232. The number of sulfonamides is 1. The van der Waals surface area contributed by atoms with Gasteiger partial charge in [0.15, 0.2) is 11.5 Å². The van der Waals surface area contributed by atoms with Gasteiger partial charge < -0.3 is 9.47 Å². The lowest BCUT2D eigenvalue weighted by atomic mass is 10.2. The van der Waals surface area contributed by atoms with Gasteiger partial charge in [-0.05, 0) is 43.2 Å². The number of hydrogen-bond donors (Lipinski definition) is 0. The number of benzene rings is 2. The van der Waals surface area contributed by atoms with Crippen molar-refractivity contribution >= 4 is 10.0 Å². The van der Waals surface area contributed by atoms with Crippen LogP contribution in [0.2, 0.25) is 0 Å². The van der Waals surface area contributed by atoms with Crippen LogP contribution in [-0.4, -0.2) is 33.5 Å². The fraction of sp³-hybridized carbons (Fsp3) is 0.333. The van der Waals surface area contributed by atoms with Crippen LogP contribution < -0.4 is 9.47 Å². The molecule has 2 aromatic rings. The van der Waals surface area contributed by atoms with E-state index in [1.54, 1.807) is 25.1 Å². The van der Waals surface area contributed by atoms with E-state index in [0.29, 0.717) is 11.1 Å². The monoisotopic (exact) mass is 385 g/mol. The van der Waals surface area contributed by atoms with Crippen LogP contribution in [-0.2, 0) is 16.6 Å². The fourth-order valence-corrected chi connectivity index (χ4v) is 3.96. The normalized spacial score (nSPS) is 11.8. The van der Waals surface area contributed by atoms with Gasteiger partial charge in [0.05, 0.1) is 12.0 Å². The number of rotatable bonds is 7. The molecule has 5 nitrogen and oxygen atoms in total. The second-order valence-corrected chi connectivity index (χ2v) is 7.91. The smallest absolute Gasteiger partial charge is 0.387 e. The van der Waals surface area contributed by atoms with Gasteiger partial charge in [-0.1, -0.05) is 23.8 Å². The topological polar surface area (TPSA) is 55.8 Å². The molecule has 0 aliphatic carbocycles. The molecule has 8 heteroatoms. The first-order valence-corrected chi connectivity index (χ1v) is 9.24. The molecule has 0 fully saturated rings. The molecule has 0 radical (unpaired) electrons. The Kier molecular flexibility index (Phi) is 6.20. The van der Waals surface area contributed by atoms with Crippen LogP contribution >= 0.6 is 0 Å². The molecule has 0 atom stereocenters. The van der Waals surface area contributed by atoms with Gasteiger partial charge in [-0.15, -0.1) is 0 Å². The molecule has 26 heavy (non-hydrogen) atoms. The summed E-state index contributed by atoms with van der Waals surface area (Å²) in [5.41, 5.74) is 2.22. The SMILES string of the molecule is COc1cc(CN(C)S(=O)(=O)c2ccc(C)cc2C)ccc1OC(F)F. The average molecular weight is 385 g/mol. The highest BCUT2D eigenvalue weighted by Crippen LogP contribution is 2.30. The summed E-state index contributed by atoms with van der Waals surface area (Å²) >= 11 is 0. The van der Waals surface area contributed by atoms with Crippen molar-refractivity contribution in [1.82, 2.24) is 4.31 Å². The second kappa shape index (κ2) is 8.01. The van der Waals surface area contributed by atoms with Crippen molar-refractivity contribution in [2.45, 2.75) is 31.9 Å². The minimum Gasteiger partial charge on any atom is -0.493 e. The van der Waals surface area contributed by atoms with Crippen molar-refractivity contribution < 1.29 is 26.7 Å². The van der Waals surface area contributed by atoms with Crippen LogP contribution in [0.1, 0.15) is 16.7 Å². The first-order valence-electron chi connectivity index (χ1n) is 7.80. The van der Waals surface area contributed by atoms with Gasteiger partial charge in [0.2, 0.25) is 10.0 Å². The van der Waals surface area contributed by atoms with E-state index >= 15 is 0 Å². The number of nitrogens with zero attached hydrogens (tertiary/aromatic N) is 1. The Labute approximate surface area is 152 Å². The van der Waals surface area contributed by atoms with Gasteiger partial charge in [0, 0.05) is 13.6 Å². The summed E-state index contributed by atoms with van der Waals surface area (Å²) < 4.78 is 61.0. The lowest BCUT2D eigenvalue weighted by Crippen LogP contribution is -2.27. The largest absolute Gasteiger partial charge is 0.493 e. The third-order valence-electron chi connectivity index (χ3n) is 3.87. The van der Waals surface area contributed by atoms with Gasteiger partial charge in [-0.3, -0.25) is 0 Å². The van der Waals surface area contributed by atoms with Crippen molar-refractivity contribution in [2.75, 3.05) is 14.2 Å². The summed E-state index contributed by atoms with van der Waals surface area (Å²) in [5, 5.41) is 0. The molecule has 0 bridgehead atoms. The molecule has 0 unspecified atom stereocenters. The Morgan fingerprint density at radius 2 is 1.77 bits per heavy atom. The van der Waals surface area contributed by atoms with Gasteiger partial charge in [0.25, 0.3) is 0 Å². The minimum atomic E-state index is -3.69. The molecule has 0 saturated heterocycles. The number of alkyl halides is 2. The molecule has 0 saturated carbocycles. The number of methoxy groups -OCH3 is 1. The van der Waals surface area contributed by atoms with Gasteiger partial charge in [-0.25, -0.2) is 8.42 Å². The first kappa shape index (κ1) is 20.1. The summed E-state index contributed by atoms with van der Waals surface area (Å²) in [6.07, 6.45) is 0. The van der Waals surface area contributed by atoms with Crippen molar-refractivity contribution in [2.24, 2.45) is 0 Å². The first-order chi connectivity index (χ1) is 12.1. The highest BCUT2D eigenvalue weighted by atomic mass is 32.2. The number of hydrogen-bond acceptors (Lipinski definition) is 4. The maximum Gasteiger partial charge on any atom is 0.387 e. The molecule has 0 aliphatic heterocycles. The van der Waals surface area contributed by atoms with Crippen molar-refractivity contribution in [3.05, 3.63) is 53.1 Å². The van der Waals surface area contributed by atoms with E-state index in [1.165, 1.54) is 36.7 Å². The molecule has 142 valence electrons. The number of halogens is 2. The molecular weight excluding hydrogens is 364 g/mol. The molecule has 2 rings (SSSR count). The zero-order chi connectivity index (χ0) is 19.5. The fourth-order valence-electron chi connectivity index (χ4n) is 2.60. The standard InChI is InChI=1S/C18H21F2NO4S/c1-12-5-8-17(13(2)9-12)26(22,23)21(3)11-14-6-7-15(25-18(19)20)16(10-14)24-4/h5-10,18H,11H2,1-4H3. The lowest BCUT2D eigenvalue weighted by Gasteiger charge is -2.19. The molecule has 0 aliphatic rings. The van der Waals surface area contributed by atoms with Crippen molar-refractivity contribution in [3.63, 3.8) is 0 Å². The van der Waals surface area contributed by atoms with E-state index in [1.807, 2.05) is 6.92 Å². The summed E-state index contributed by atoms with van der Waals surface area (Å²) in [7, 11) is -0.902. The van der Waals surface area contributed by atoms with Crippen LogP contribution in [0.5, 0.6) is 11.5 Å². The quantitative estimate of drug-likeness (QED) is 0.729. The molecule has 0 heterocycles. The highest BCUT2D eigenvalue weighted by Gasteiger charge is 2.23. The zero-order valence-electron chi connectivity index (χ0n) is 15.0. The molecule has 0 N–H and O–H groups in total. The molecule has 0 amide bonds. The minimum absolute atomic E-state index is 0.0565. The maximum atomic E-state index is 12.8. The molecule has 2 aromatic carbocycles. The number of ether oxygens (including phenoxy) is 2. The summed E-state index contributed by atoms with van der Waals surface area (Å²) in [6.45, 7) is 0.721. The molecular formula is C18H21F2NO4S. The van der Waals surface area contributed by atoms with E-state index in [-0.39, 0.29) is 22.9 Å². The van der Waals surface area contributed by atoms with Gasteiger partial charge in [-0.2, -0.15) is 13.1 Å². The van der Waals surface area contributed by atoms with Gasteiger partial charge >= 0.3 is 6.61 Å². The second-order valence-electron chi connectivity index (χ2n) is 5.89. The van der Waals surface area contributed by atoms with Crippen molar-refractivity contribution in [3.8, 4) is 11.5 Å². The molecule has 0 aromatic heterocycles. The predicted octanol–water partition coefficient (Wildman–Crippen LogP) is 3.73. The average Bonchev–Trinajstić information content (AvgIpc) is 2.55. The third kappa shape index (κ3) is 4.50. The van der Waals surface area contributed by atoms with Crippen LogP contribution in [0, 0.1) is 13.8 Å². The Bertz CT molecular complexity index is 885. The van der Waals surface area contributed by atoms with E-state index in [0.717, 1.165) is 5.56 Å². The zero-order valence-corrected chi connectivity index (χ0v) is 15.8. The predicted molar refractivity (Wildman–Crippen MR) is 94.2 cm³/mol. The van der Waals surface area contributed by atoms with Crippen LogP contribution in [0.15, 0.2) is 41.3 Å². The summed E-state index contributed by atoms with van der Waals surface area (Å²) in [5.74, 6) is 0.00579. The van der Waals surface area contributed by atoms with Crippen molar-refractivity contribution in [1.29, 1.82) is 0 Å². The van der Waals surface area contributed by atoms with E-state index in [2.05, 4.69) is 4.74 Å². The Morgan fingerprint density at radius 1 is 1.08 bits per heavy atom. The van der Waals surface area contributed by atoms with E-state index < -0.39 is 16.6 Å². The lowest BCUT2D eigenvalue weighted by molar-refractivity contribution is -0.0512. The summed E-state index contributed by atoms with van der Waals surface area (Å²) in [6, 6.07) is 9.46. The number of aryl methyl sites for hydroxylation is 2. The third-order valence-corrected chi connectivity index (χ3v) is 5.83. The Morgan fingerprint density at radius 3 is 2.35 bits per heavy atom. The molecule has 0 spiro atoms. The van der Waals surface area contributed by atoms with Crippen LogP contribution in [0.25, 0.3) is 0 Å². The van der Waals surface area contributed by atoms with E-state index in [4.69, 9.17) is 4.74 Å². The maximum absolute atomic E-state index is 12.8. The van der Waals surface area contributed by atoms with E-state index in [9.17, 15) is 17.2 Å². The van der Waals surface area contributed by atoms with Crippen LogP contribution in [0.4, 0.5) is 8.78 Å². The Hall–Kier alpha value is -2.19. The Balaban J connectivity index is 2.27.